The lowest BCUT2D eigenvalue weighted by atomic mass is 10.0. The standard InChI is InChI=1S/C22H26N6OS/c1-14(2)25-20-17-11-19(15-6-9-23-10-7-15)30-21(17)24-12-18(20)28-13-16(26-27-28)5-8-22(3,4)29/h6-7,9-14,29H,5,8H2,1-4H3,(H,24,25). The summed E-state index contributed by atoms with van der Waals surface area (Å²) in [6, 6.07) is 6.43. The van der Waals surface area contributed by atoms with Gasteiger partial charge in [-0.2, -0.15) is 0 Å². The quantitative estimate of drug-likeness (QED) is 0.457. The zero-order valence-corrected chi connectivity index (χ0v) is 18.4. The minimum absolute atomic E-state index is 0.247. The highest BCUT2D eigenvalue weighted by Gasteiger charge is 2.18. The van der Waals surface area contributed by atoms with Crippen LogP contribution in [0.5, 0.6) is 0 Å². The van der Waals surface area contributed by atoms with Crippen LogP contribution in [-0.2, 0) is 6.42 Å². The molecule has 0 saturated carbocycles. The van der Waals surface area contributed by atoms with E-state index in [0.29, 0.717) is 12.8 Å². The molecule has 0 fully saturated rings. The van der Waals surface area contributed by atoms with Gasteiger partial charge in [-0.25, -0.2) is 9.67 Å². The predicted octanol–water partition coefficient (Wildman–Crippen LogP) is 4.46. The molecule has 0 unspecified atom stereocenters. The molecular formula is C22H26N6OS. The van der Waals surface area contributed by atoms with E-state index in [1.165, 1.54) is 0 Å². The molecule has 0 aromatic carbocycles. The number of aliphatic hydroxyl groups is 1. The van der Waals surface area contributed by atoms with E-state index in [1.807, 2.05) is 24.5 Å². The molecule has 0 aliphatic heterocycles. The lowest BCUT2D eigenvalue weighted by Crippen LogP contribution is -2.19. The van der Waals surface area contributed by atoms with E-state index in [-0.39, 0.29) is 6.04 Å². The van der Waals surface area contributed by atoms with Gasteiger partial charge in [-0.1, -0.05) is 5.21 Å². The van der Waals surface area contributed by atoms with Crippen molar-refractivity contribution in [3.8, 4) is 16.1 Å². The fraction of sp³-hybridized carbons (Fsp3) is 0.364. The molecular weight excluding hydrogens is 396 g/mol. The molecule has 0 bridgehead atoms. The Morgan fingerprint density at radius 2 is 2.00 bits per heavy atom. The van der Waals surface area contributed by atoms with Crippen LogP contribution < -0.4 is 5.32 Å². The number of rotatable bonds is 7. The van der Waals surface area contributed by atoms with Gasteiger partial charge in [0.1, 0.15) is 10.5 Å². The molecule has 0 radical (unpaired) electrons. The van der Waals surface area contributed by atoms with Crippen molar-refractivity contribution in [2.75, 3.05) is 5.32 Å². The second-order valence-electron chi connectivity index (χ2n) is 8.35. The van der Waals surface area contributed by atoms with Gasteiger partial charge in [0.25, 0.3) is 0 Å². The first-order valence-corrected chi connectivity index (χ1v) is 10.9. The number of thiophene rings is 1. The van der Waals surface area contributed by atoms with Gasteiger partial charge in [0.2, 0.25) is 0 Å². The van der Waals surface area contributed by atoms with Crippen molar-refractivity contribution in [3.05, 3.63) is 48.7 Å². The van der Waals surface area contributed by atoms with Crippen LogP contribution in [0.4, 0.5) is 5.69 Å². The fourth-order valence-electron chi connectivity index (χ4n) is 3.22. The molecule has 0 amide bonds. The van der Waals surface area contributed by atoms with Gasteiger partial charge in [-0.15, -0.1) is 16.4 Å². The summed E-state index contributed by atoms with van der Waals surface area (Å²) in [5, 5.41) is 23.2. The number of hydrogen-bond acceptors (Lipinski definition) is 7. The molecule has 7 nitrogen and oxygen atoms in total. The van der Waals surface area contributed by atoms with E-state index in [9.17, 15) is 5.11 Å². The zero-order valence-electron chi connectivity index (χ0n) is 17.6. The molecule has 0 spiro atoms. The van der Waals surface area contributed by atoms with Crippen molar-refractivity contribution in [3.63, 3.8) is 0 Å². The van der Waals surface area contributed by atoms with Crippen LogP contribution in [-0.4, -0.2) is 41.7 Å². The Labute approximate surface area is 179 Å². The minimum atomic E-state index is -0.728. The van der Waals surface area contributed by atoms with Gasteiger partial charge in [0.15, 0.2) is 0 Å². The van der Waals surface area contributed by atoms with Crippen LogP contribution in [0.1, 0.15) is 39.8 Å². The van der Waals surface area contributed by atoms with Crippen LogP contribution in [0.3, 0.4) is 0 Å². The summed E-state index contributed by atoms with van der Waals surface area (Å²) in [5.74, 6) is 0. The maximum atomic E-state index is 9.98. The molecule has 4 rings (SSSR count). The summed E-state index contributed by atoms with van der Waals surface area (Å²) in [7, 11) is 0. The molecule has 2 N–H and O–H groups in total. The van der Waals surface area contributed by atoms with E-state index in [0.717, 1.165) is 37.7 Å². The third-order valence-corrected chi connectivity index (χ3v) is 5.81. The molecule has 0 atom stereocenters. The smallest absolute Gasteiger partial charge is 0.126 e. The highest BCUT2D eigenvalue weighted by atomic mass is 32.1. The number of pyridine rings is 2. The highest BCUT2D eigenvalue weighted by molar-refractivity contribution is 7.22. The lowest BCUT2D eigenvalue weighted by molar-refractivity contribution is 0.0711. The van der Waals surface area contributed by atoms with Crippen molar-refractivity contribution in [1.29, 1.82) is 0 Å². The van der Waals surface area contributed by atoms with E-state index < -0.39 is 5.60 Å². The summed E-state index contributed by atoms with van der Waals surface area (Å²) in [5.41, 5.74) is 3.09. The van der Waals surface area contributed by atoms with Gasteiger partial charge in [-0.05, 0) is 64.3 Å². The van der Waals surface area contributed by atoms with E-state index in [1.54, 1.807) is 42.3 Å². The first kappa shape index (κ1) is 20.4. The number of fused-ring (bicyclic) bond motifs is 1. The third kappa shape index (κ3) is 4.49. The maximum Gasteiger partial charge on any atom is 0.126 e. The average molecular weight is 423 g/mol. The summed E-state index contributed by atoms with van der Waals surface area (Å²) in [6.45, 7) is 7.83. The predicted molar refractivity (Wildman–Crippen MR) is 121 cm³/mol. The molecule has 0 aliphatic carbocycles. The first-order valence-electron chi connectivity index (χ1n) is 10.0. The molecule has 0 aliphatic rings. The Morgan fingerprint density at radius 1 is 1.23 bits per heavy atom. The monoisotopic (exact) mass is 422 g/mol. The largest absolute Gasteiger partial charge is 0.390 e. The Balaban J connectivity index is 1.75. The summed E-state index contributed by atoms with van der Waals surface area (Å²) < 4.78 is 1.76. The number of hydrogen-bond donors (Lipinski definition) is 2. The molecule has 156 valence electrons. The number of anilines is 1. The van der Waals surface area contributed by atoms with Gasteiger partial charge >= 0.3 is 0 Å². The number of nitrogens with one attached hydrogen (secondary N) is 1. The van der Waals surface area contributed by atoms with Crippen LogP contribution in [0.25, 0.3) is 26.3 Å². The Hall–Kier alpha value is -2.84. The topological polar surface area (TPSA) is 88.8 Å². The second-order valence-corrected chi connectivity index (χ2v) is 9.38. The second kappa shape index (κ2) is 8.12. The molecule has 4 aromatic rings. The van der Waals surface area contributed by atoms with Crippen LogP contribution in [0.2, 0.25) is 0 Å². The van der Waals surface area contributed by atoms with Crippen molar-refractivity contribution >= 4 is 27.2 Å². The molecule has 4 heterocycles. The first-order chi connectivity index (χ1) is 14.3. The van der Waals surface area contributed by atoms with Gasteiger partial charge < -0.3 is 10.4 Å². The normalized spacial score (nSPS) is 12.1. The number of aryl methyl sites for hydroxylation is 1. The van der Waals surface area contributed by atoms with Gasteiger partial charge in [0, 0.05) is 28.7 Å². The molecule has 4 aromatic heterocycles. The fourth-order valence-corrected chi connectivity index (χ4v) is 4.23. The lowest BCUT2D eigenvalue weighted by Gasteiger charge is -2.15. The van der Waals surface area contributed by atoms with E-state index in [2.05, 4.69) is 40.5 Å². The average Bonchev–Trinajstić information content (AvgIpc) is 3.34. The highest BCUT2D eigenvalue weighted by Crippen LogP contribution is 2.38. The summed E-state index contributed by atoms with van der Waals surface area (Å²) in [4.78, 5) is 10.9. The Bertz CT molecular complexity index is 1140. The van der Waals surface area contributed by atoms with Crippen molar-refractivity contribution in [2.24, 2.45) is 0 Å². The van der Waals surface area contributed by atoms with Crippen LogP contribution in [0, 0.1) is 0 Å². The van der Waals surface area contributed by atoms with Crippen molar-refractivity contribution < 1.29 is 5.11 Å². The number of aromatic nitrogens is 5. The molecule has 0 saturated heterocycles. The number of nitrogens with zero attached hydrogens (tertiary/aromatic N) is 5. The Kier molecular flexibility index (Phi) is 5.53. The van der Waals surface area contributed by atoms with Gasteiger partial charge in [-0.3, -0.25) is 4.98 Å². The minimum Gasteiger partial charge on any atom is -0.390 e. The van der Waals surface area contributed by atoms with Crippen LogP contribution in [0.15, 0.2) is 43.0 Å². The summed E-state index contributed by atoms with van der Waals surface area (Å²) in [6.07, 6.45) is 8.65. The Morgan fingerprint density at radius 3 is 2.70 bits per heavy atom. The SMILES string of the molecule is CC(C)Nc1c(-n2cc(CCC(C)(C)O)nn2)cnc2sc(-c3ccncc3)cc12. The molecule has 30 heavy (non-hydrogen) atoms. The van der Waals surface area contributed by atoms with E-state index >= 15 is 0 Å². The van der Waals surface area contributed by atoms with Gasteiger partial charge in [0.05, 0.1) is 29.4 Å². The van der Waals surface area contributed by atoms with Crippen molar-refractivity contribution in [1.82, 2.24) is 25.0 Å². The van der Waals surface area contributed by atoms with E-state index in [4.69, 9.17) is 4.98 Å². The summed E-state index contributed by atoms with van der Waals surface area (Å²) >= 11 is 1.66. The van der Waals surface area contributed by atoms with Crippen LogP contribution >= 0.6 is 11.3 Å². The third-order valence-electron chi connectivity index (χ3n) is 4.72. The zero-order chi connectivity index (χ0) is 21.3. The molecule has 8 heteroatoms. The van der Waals surface area contributed by atoms with Crippen molar-refractivity contribution in [2.45, 2.75) is 52.2 Å². The maximum absolute atomic E-state index is 9.98.